The quantitative estimate of drug-likeness (QED) is 0.883. The van der Waals surface area contributed by atoms with Crippen LogP contribution in [0.15, 0.2) is 18.2 Å². The van der Waals surface area contributed by atoms with E-state index in [-0.39, 0.29) is 23.6 Å². The van der Waals surface area contributed by atoms with Gasteiger partial charge in [0.2, 0.25) is 11.8 Å². The van der Waals surface area contributed by atoms with Gasteiger partial charge in [-0.15, -0.1) is 0 Å². The lowest BCUT2D eigenvalue weighted by molar-refractivity contribution is -0.136. The predicted octanol–water partition coefficient (Wildman–Crippen LogP) is 2.05. The van der Waals surface area contributed by atoms with Crippen molar-refractivity contribution in [3.05, 3.63) is 29.3 Å². The maximum absolute atomic E-state index is 12.8. The summed E-state index contributed by atoms with van der Waals surface area (Å²) < 4.78 is 0. The zero-order valence-electron chi connectivity index (χ0n) is 15.0. The van der Waals surface area contributed by atoms with E-state index >= 15 is 0 Å². The van der Waals surface area contributed by atoms with Crippen molar-refractivity contribution in [3.63, 3.8) is 0 Å². The molecule has 3 aliphatic rings. The number of nitrogens with zero attached hydrogens (tertiary/aromatic N) is 2. The SMILES string of the molecule is O=C1CCc2cc(C(=O)N3CCN(C(=O)C4CCCC4)CC3)ccc2N1. The first kappa shape index (κ1) is 17.1. The molecule has 1 aromatic rings. The average Bonchev–Trinajstić information content (AvgIpc) is 3.21. The molecule has 26 heavy (non-hydrogen) atoms. The molecule has 0 atom stereocenters. The Labute approximate surface area is 153 Å². The van der Waals surface area contributed by atoms with Crippen LogP contribution in [0.4, 0.5) is 5.69 Å². The van der Waals surface area contributed by atoms with E-state index in [4.69, 9.17) is 0 Å². The molecular weight excluding hydrogens is 330 g/mol. The van der Waals surface area contributed by atoms with Crippen molar-refractivity contribution in [2.75, 3.05) is 31.5 Å². The molecule has 2 aliphatic heterocycles. The maximum Gasteiger partial charge on any atom is 0.253 e. The number of rotatable bonds is 2. The van der Waals surface area contributed by atoms with E-state index in [2.05, 4.69) is 5.32 Å². The van der Waals surface area contributed by atoms with Gasteiger partial charge in [-0.1, -0.05) is 12.8 Å². The van der Waals surface area contributed by atoms with Crippen molar-refractivity contribution in [2.45, 2.75) is 38.5 Å². The lowest BCUT2D eigenvalue weighted by Crippen LogP contribution is -2.51. The number of benzene rings is 1. The fraction of sp³-hybridized carbons (Fsp3) is 0.550. The number of fused-ring (bicyclic) bond motifs is 1. The van der Waals surface area contributed by atoms with Crippen molar-refractivity contribution >= 4 is 23.4 Å². The fourth-order valence-electron chi connectivity index (χ4n) is 4.26. The summed E-state index contributed by atoms with van der Waals surface area (Å²) in [4.78, 5) is 40.6. The third kappa shape index (κ3) is 3.32. The first-order valence-electron chi connectivity index (χ1n) is 9.62. The van der Waals surface area contributed by atoms with Gasteiger partial charge in [0.15, 0.2) is 0 Å². The number of aryl methyl sites for hydroxylation is 1. The minimum absolute atomic E-state index is 0.0117. The molecule has 1 saturated carbocycles. The van der Waals surface area contributed by atoms with E-state index in [1.807, 2.05) is 21.9 Å². The summed E-state index contributed by atoms with van der Waals surface area (Å²) in [5.74, 6) is 0.518. The van der Waals surface area contributed by atoms with Gasteiger partial charge >= 0.3 is 0 Å². The van der Waals surface area contributed by atoms with Crippen LogP contribution in [-0.2, 0) is 16.0 Å². The zero-order valence-corrected chi connectivity index (χ0v) is 15.0. The Morgan fingerprint density at radius 2 is 1.65 bits per heavy atom. The molecule has 1 saturated heterocycles. The number of carbonyl (C=O) groups is 3. The maximum atomic E-state index is 12.8. The summed E-state index contributed by atoms with van der Waals surface area (Å²) in [5.41, 5.74) is 2.49. The van der Waals surface area contributed by atoms with Crippen molar-refractivity contribution in [2.24, 2.45) is 5.92 Å². The van der Waals surface area contributed by atoms with Gasteiger partial charge < -0.3 is 15.1 Å². The van der Waals surface area contributed by atoms with Gasteiger partial charge in [0.1, 0.15) is 0 Å². The van der Waals surface area contributed by atoms with Gasteiger partial charge in [-0.25, -0.2) is 0 Å². The average molecular weight is 355 g/mol. The summed E-state index contributed by atoms with van der Waals surface area (Å²) >= 11 is 0. The molecule has 0 bridgehead atoms. The monoisotopic (exact) mass is 355 g/mol. The molecular formula is C20H25N3O3. The van der Waals surface area contributed by atoms with Gasteiger partial charge in [-0.2, -0.15) is 0 Å². The highest BCUT2D eigenvalue weighted by atomic mass is 16.2. The molecule has 1 N–H and O–H groups in total. The van der Waals surface area contributed by atoms with Crippen molar-refractivity contribution in [1.82, 2.24) is 9.80 Å². The molecule has 4 rings (SSSR count). The molecule has 0 unspecified atom stereocenters. The topological polar surface area (TPSA) is 69.7 Å². The Morgan fingerprint density at radius 3 is 2.38 bits per heavy atom. The Kier molecular flexibility index (Phi) is 4.66. The molecule has 0 spiro atoms. The fourth-order valence-corrected chi connectivity index (χ4v) is 4.26. The Bertz CT molecular complexity index is 732. The Hall–Kier alpha value is -2.37. The Morgan fingerprint density at radius 1 is 0.962 bits per heavy atom. The van der Waals surface area contributed by atoms with E-state index in [9.17, 15) is 14.4 Å². The minimum Gasteiger partial charge on any atom is -0.339 e. The van der Waals surface area contributed by atoms with E-state index in [0.717, 1.165) is 36.9 Å². The number of hydrogen-bond acceptors (Lipinski definition) is 3. The second kappa shape index (κ2) is 7.09. The van der Waals surface area contributed by atoms with Gasteiger partial charge in [-0.05, 0) is 43.0 Å². The lowest BCUT2D eigenvalue weighted by Gasteiger charge is -2.36. The van der Waals surface area contributed by atoms with Gasteiger partial charge in [0.05, 0.1) is 0 Å². The van der Waals surface area contributed by atoms with E-state index in [1.54, 1.807) is 6.07 Å². The molecule has 3 amide bonds. The summed E-state index contributed by atoms with van der Waals surface area (Å²) in [6.07, 6.45) is 5.49. The summed E-state index contributed by atoms with van der Waals surface area (Å²) in [5, 5.41) is 2.84. The predicted molar refractivity (Wildman–Crippen MR) is 97.8 cm³/mol. The van der Waals surface area contributed by atoms with Gasteiger partial charge in [0, 0.05) is 49.8 Å². The summed E-state index contributed by atoms with van der Waals surface area (Å²) in [7, 11) is 0. The van der Waals surface area contributed by atoms with Crippen molar-refractivity contribution in [1.29, 1.82) is 0 Å². The number of amides is 3. The molecule has 0 radical (unpaired) electrons. The van der Waals surface area contributed by atoms with E-state index < -0.39 is 0 Å². The van der Waals surface area contributed by atoms with Crippen molar-refractivity contribution in [3.8, 4) is 0 Å². The zero-order chi connectivity index (χ0) is 18.1. The highest BCUT2D eigenvalue weighted by Crippen LogP contribution is 2.27. The van der Waals surface area contributed by atoms with E-state index in [1.165, 1.54) is 0 Å². The molecule has 1 aliphatic carbocycles. The highest BCUT2D eigenvalue weighted by molar-refractivity contribution is 5.98. The van der Waals surface area contributed by atoms with Crippen LogP contribution in [0.25, 0.3) is 0 Å². The summed E-state index contributed by atoms with van der Waals surface area (Å²) in [6, 6.07) is 5.50. The van der Waals surface area contributed by atoms with Gasteiger partial charge in [0.25, 0.3) is 5.91 Å². The first-order chi connectivity index (χ1) is 12.6. The van der Waals surface area contributed by atoms with Crippen LogP contribution in [0, 0.1) is 5.92 Å². The van der Waals surface area contributed by atoms with Crippen LogP contribution in [-0.4, -0.2) is 53.7 Å². The van der Waals surface area contributed by atoms with Crippen LogP contribution in [0.3, 0.4) is 0 Å². The lowest BCUT2D eigenvalue weighted by atomic mass is 9.99. The van der Waals surface area contributed by atoms with Crippen LogP contribution >= 0.6 is 0 Å². The number of hydrogen-bond donors (Lipinski definition) is 1. The second-order valence-corrected chi connectivity index (χ2v) is 7.52. The number of piperazine rings is 1. The van der Waals surface area contributed by atoms with Crippen molar-refractivity contribution < 1.29 is 14.4 Å². The number of anilines is 1. The third-order valence-electron chi connectivity index (χ3n) is 5.83. The minimum atomic E-state index is 0.0117. The Balaban J connectivity index is 1.38. The highest BCUT2D eigenvalue weighted by Gasteiger charge is 2.31. The smallest absolute Gasteiger partial charge is 0.253 e. The molecule has 6 heteroatoms. The third-order valence-corrected chi connectivity index (χ3v) is 5.83. The molecule has 0 aromatic heterocycles. The molecule has 138 valence electrons. The molecule has 2 heterocycles. The van der Waals surface area contributed by atoms with Crippen LogP contribution in [0.1, 0.15) is 48.0 Å². The van der Waals surface area contributed by atoms with E-state index in [0.29, 0.717) is 44.6 Å². The second-order valence-electron chi connectivity index (χ2n) is 7.52. The van der Waals surface area contributed by atoms with Gasteiger partial charge in [-0.3, -0.25) is 14.4 Å². The molecule has 2 fully saturated rings. The normalized spacial score (nSPS) is 20.7. The standard InChI is InChI=1S/C20H25N3O3/c24-18-8-6-15-13-16(5-7-17(15)21-18)20(26)23-11-9-22(10-12-23)19(25)14-3-1-2-4-14/h5,7,13-14H,1-4,6,8-12H2,(H,21,24). The molecule has 1 aromatic carbocycles. The number of nitrogens with one attached hydrogen (secondary N) is 1. The van der Waals surface area contributed by atoms with Crippen LogP contribution < -0.4 is 5.32 Å². The largest absolute Gasteiger partial charge is 0.339 e. The number of carbonyl (C=O) groups excluding carboxylic acids is 3. The molecule has 6 nitrogen and oxygen atoms in total. The van der Waals surface area contributed by atoms with Crippen LogP contribution in [0.5, 0.6) is 0 Å². The summed E-state index contributed by atoms with van der Waals surface area (Å²) in [6.45, 7) is 2.43. The first-order valence-corrected chi connectivity index (χ1v) is 9.62. The van der Waals surface area contributed by atoms with Crippen LogP contribution in [0.2, 0.25) is 0 Å².